The van der Waals surface area contributed by atoms with Crippen molar-refractivity contribution in [1.29, 1.82) is 0 Å². The van der Waals surface area contributed by atoms with E-state index in [4.69, 9.17) is 23.2 Å². The molecular formula is C22H41NO8S. The van der Waals surface area contributed by atoms with E-state index in [1.807, 2.05) is 41.5 Å². The lowest BCUT2D eigenvalue weighted by Gasteiger charge is -2.36. The first-order valence-corrected chi connectivity index (χ1v) is 12.9. The molecule has 9 nitrogen and oxygen atoms in total. The van der Waals surface area contributed by atoms with Gasteiger partial charge in [0.2, 0.25) is 0 Å². The largest absolute Gasteiger partial charge is 0.465 e. The number of nitrogens with zero attached hydrogens (tertiary/aromatic N) is 1. The zero-order valence-corrected chi connectivity index (χ0v) is 21.9. The van der Waals surface area contributed by atoms with Gasteiger partial charge in [0.15, 0.2) is 0 Å². The van der Waals surface area contributed by atoms with Gasteiger partial charge in [-0.3, -0.25) is 13.8 Å². The molecule has 188 valence electrons. The van der Waals surface area contributed by atoms with Crippen LogP contribution < -0.4 is 0 Å². The number of ether oxygens (including phenoxy) is 3. The number of fused-ring (bicyclic) bond motifs is 1. The molecule has 2 heterocycles. The third-order valence-corrected chi connectivity index (χ3v) is 5.61. The summed E-state index contributed by atoms with van der Waals surface area (Å²) in [7, 11) is -3.65. The summed E-state index contributed by atoms with van der Waals surface area (Å²) < 4.78 is 46.5. The summed E-state index contributed by atoms with van der Waals surface area (Å²) in [4.78, 5) is 18.5. The molecule has 0 bridgehead atoms. The average molecular weight is 480 g/mol. The normalized spacial score (nSPS) is 29.9. The molecule has 0 N–H and O–H groups in total. The summed E-state index contributed by atoms with van der Waals surface area (Å²) in [5.74, 6) is -0.698. The molecule has 5 atom stereocenters. The Labute approximate surface area is 193 Å². The van der Waals surface area contributed by atoms with Crippen molar-refractivity contribution in [2.75, 3.05) is 26.0 Å². The average Bonchev–Trinajstić information content (AvgIpc) is 3.03. The predicted molar refractivity (Wildman–Crippen MR) is 119 cm³/mol. The summed E-state index contributed by atoms with van der Waals surface area (Å²) >= 11 is 0. The van der Waals surface area contributed by atoms with Crippen molar-refractivity contribution < 1.29 is 36.4 Å². The Morgan fingerprint density at radius 3 is 2.00 bits per heavy atom. The van der Waals surface area contributed by atoms with E-state index in [-0.39, 0.29) is 43.4 Å². The fourth-order valence-electron chi connectivity index (χ4n) is 3.88. The highest BCUT2D eigenvalue weighted by molar-refractivity contribution is 7.85. The Morgan fingerprint density at radius 2 is 1.53 bits per heavy atom. The number of hydrogen-bond acceptors (Lipinski definition) is 9. The molecule has 0 aromatic carbocycles. The number of carbonyl (C=O) groups excluding carboxylic acids is 1. The molecule has 2 aliphatic rings. The van der Waals surface area contributed by atoms with Crippen LogP contribution in [0.4, 0.5) is 0 Å². The lowest BCUT2D eigenvalue weighted by atomic mass is 9.91. The predicted octanol–water partition coefficient (Wildman–Crippen LogP) is 2.53. The third-order valence-electron chi connectivity index (χ3n) is 5.04. The number of hydrogen-bond donors (Lipinski definition) is 0. The highest BCUT2D eigenvalue weighted by Gasteiger charge is 2.57. The summed E-state index contributed by atoms with van der Waals surface area (Å²) in [5, 5.41) is 1.78. The summed E-state index contributed by atoms with van der Waals surface area (Å²) in [5.41, 5.74) is -1.50. The Balaban J connectivity index is 2.31. The topological polar surface area (TPSA) is 101 Å². The van der Waals surface area contributed by atoms with Gasteiger partial charge in [0, 0.05) is 5.92 Å². The molecule has 0 radical (unpaired) electrons. The van der Waals surface area contributed by atoms with E-state index in [0.717, 1.165) is 6.26 Å². The summed E-state index contributed by atoms with van der Waals surface area (Å²) in [6.45, 7) is 17.5. The first kappa shape index (κ1) is 27.5. The zero-order valence-electron chi connectivity index (χ0n) is 21.1. The van der Waals surface area contributed by atoms with Crippen LogP contribution in [0.3, 0.4) is 0 Å². The molecule has 2 saturated heterocycles. The van der Waals surface area contributed by atoms with E-state index in [1.54, 1.807) is 25.8 Å². The minimum Gasteiger partial charge on any atom is -0.465 e. The molecule has 0 aromatic heterocycles. The van der Waals surface area contributed by atoms with Crippen molar-refractivity contribution in [2.45, 2.75) is 97.9 Å². The zero-order chi connectivity index (χ0) is 24.7. The Morgan fingerprint density at radius 1 is 0.969 bits per heavy atom. The van der Waals surface area contributed by atoms with Gasteiger partial charge in [-0.1, -0.05) is 0 Å². The van der Waals surface area contributed by atoms with Crippen LogP contribution >= 0.6 is 0 Å². The molecule has 2 rings (SSSR count). The molecule has 10 heteroatoms. The first-order chi connectivity index (χ1) is 14.3. The van der Waals surface area contributed by atoms with Gasteiger partial charge >= 0.3 is 5.97 Å². The van der Waals surface area contributed by atoms with Gasteiger partial charge in [0.25, 0.3) is 10.1 Å². The first-order valence-electron chi connectivity index (χ1n) is 11.1. The molecule has 2 aliphatic heterocycles. The van der Waals surface area contributed by atoms with Gasteiger partial charge in [0.05, 0.1) is 48.7 Å². The van der Waals surface area contributed by atoms with Crippen molar-refractivity contribution in [3.8, 4) is 0 Å². The van der Waals surface area contributed by atoms with E-state index < -0.39 is 32.8 Å². The molecule has 0 unspecified atom stereocenters. The van der Waals surface area contributed by atoms with Gasteiger partial charge in [-0.25, -0.2) is 0 Å². The van der Waals surface area contributed by atoms with Crippen molar-refractivity contribution in [3.05, 3.63) is 0 Å². The molecule has 0 amide bonds. The molecule has 0 aliphatic carbocycles. The standard InChI is InChI=1S/C22H41NO8S/c1-20(2,3)19(24)27-12-14-16(13-28-32(10,25)26)31-23-11-15(29-21(4,5)6)18(17(14)23)30-22(7,8)9/h14-18H,11-13H2,1-10H3/t14-,15-,16+,17-,18+/m0/s1. The number of carbonyl (C=O) groups is 1. The quantitative estimate of drug-likeness (QED) is 0.403. The van der Waals surface area contributed by atoms with Crippen LogP contribution in [0.25, 0.3) is 0 Å². The van der Waals surface area contributed by atoms with Crippen molar-refractivity contribution in [1.82, 2.24) is 5.06 Å². The lowest BCUT2D eigenvalue weighted by molar-refractivity contribution is -0.170. The van der Waals surface area contributed by atoms with Crippen molar-refractivity contribution in [2.24, 2.45) is 11.3 Å². The highest BCUT2D eigenvalue weighted by Crippen LogP contribution is 2.41. The van der Waals surface area contributed by atoms with Crippen molar-refractivity contribution in [3.63, 3.8) is 0 Å². The second-order valence-electron chi connectivity index (χ2n) is 11.7. The van der Waals surface area contributed by atoms with Crippen LogP contribution in [0.15, 0.2) is 0 Å². The monoisotopic (exact) mass is 479 g/mol. The number of esters is 1. The molecule has 2 fully saturated rings. The molecule has 0 saturated carbocycles. The van der Waals surface area contributed by atoms with Gasteiger partial charge in [-0.2, -0.15) is 13.5 Å². The van der Waals surface area contributed by atoms with Crippen molar-refractivity contribution >= 4 is 16.1 Å². The minimum atomic E-state index is -3.65. The maximum Gasteiger partial charge on any atom is 0.311 e. The van der Waals surface area contributed by atoms with Gasteiger partial charge in [-0.15, -0.1) is 0 Å². The van der Waals surface area contributed by atoms with Gasteiger partial charge in [-0.05, 0) is 62.3 Å². The van der Waals surface area contributed by atoms with Crippen LogP contribution in [0.2, 0.25) is 0 Å². The minimum absolute atomic E-state index is 0.0568. The molecule has 0 aromatic rings. The molecule has 32 heavy (non-hydrogen) atoms. The Hall–Kier alpha value is -0.780. The van der Waals surface area contributed by atoms with Crippen LogP contribution in [0.1, 0.15) is 62.3 Å². The second kappa shape index (κ2) is 9.46. The van der Waals surface area contributed by atoms with Crippen LogP contribution in [-0.2, 0) is 38.1 Å². The van der Waals surface area contributed by atoms with E-state index in [2.05, 4.69) is 0 Å². The SMILES string of the molecule is CC(C)(C)O[C@H]1[C@@H]2[C@@H](COC(=O)C(C)(C)C)[C@@H](COS(C)(=O)=O)ON2C[C@@H]1OC(C)(C)C. The number of rotatable bonds is 7. The van der Waals surface area contributed by atoms with E-state index in [0.29, 0.717) is 6.54 Å². The third kappa shape index (κ3) is 7.92. The van der Waals surface area contributed by atoms with Gasteiger partial charge < -0.3 is 14.2 Å². The smallest absolute Gasteiger partial charge is 0.311 e. The van der Waals surface area contributed by atoms with E-state index in [1.165, 1.54) is 0 Å². The van der Waals surface area contributed by atoms with Gasteiger partial charge in [0.1, 0.15) is 18.3 Å². The maximum absolute atomic E-state index is 12.4. The van der Waals surface area contributed by atoms with E-state index >= 15 is 0 Å². The Bertz CT molecular complexity index is 762. The summed E-state index contributed by atoms with van der Waals surface area (Å²) in [6.07, 6.45) is -0.243. The molecular weight excluding hydrogens is 438 g/mol. The van der Waals surface area contributed by atoms with Crippen LogP contribution in [-0.4, -0.2) is 81.0 Å². The Kier molecular flexibility index (Phi) is 8.12. The highest BCUT2D eigenvalue weighted by atomic mass is 32.2. The van der Waals surface area contributed by atoms with E-state index in [9.17, 15) is 13.2 Å². The lowest BCUT2D eigenvalue weighted by Crippen LogP contribution is -2.48. The fourth-order valence-corrected chi connectivity index (χ4v) is 4.26. The maximum atomic E-state index is 12.4. The molecule has 0 spiro atoms. The summed E-state index contributed by atoms with van der Waals surface area (Å²) in [6, 6.07) is -0.289. The van der Waals surface area contributed by atoms with Crippen LogP contribution in [0, 0.1) is 11.3 Å². The number of hydroxylamine groups is 2. The van der Waals surface area contributed by atoms with Crippen LogP contribution in [0.5, 0.6) is 0 Å². The fraction of sp³-hybridized carbons (Fsp3) is 0.955. The second-order valence-corrected chi connectivity index (χ2v) is 13.3.